The molecule has 2 aliphatic heterocycles. The van der Waals surface area contributed by atoms with Crippen LogP contribution in [-0.4, -0.2) is 88.3 Å². The lowest BCUT2D eigenvalue weighted by atomic mass is 9.90. The van der Waals surface area contributed by atoms with Gasteiger partial charge >= 0.3 is 5.97 Å². The third-order valence-electron chi connectivity index (χ3n) is 5.78. The molecule has 1 N–H and O–H groups in total. The molecule has 1 amide bonds. The van der Waals surface area contributed by atoms with Gasteiger partial charge in [0.2, 0.25) is 17.6 Å². The summed E-state index contributed by atoms with van der Waals surface area (Å²) >= 11 is 0. The number of hydrogen-bond donors (Lipinski definition) is 1. The SMILES string of the molecule is CCOC(=O)[C@@H]1C(=O)NC(N2CCN(CC)CC2)=N[C@@H]1c1cc(OC)c(OC)c(OC)c1. The molecule has 0 saturated carbocycles. The zero-order valence-corrected chi connectivity index (χ0v) is 19.3. The molecule has 10 nitrogen and oxygen atoms in total. The normalized spacial score (nSPS) is 21.5. The number of nitrogens with zero attached hydrogens (tertiary/aromatic N) is 3. The predicted octanol–water partition coefficient (Wildman–Crippen LogP) is 1.06. The highest BCUT2D eigenvalue weighted by molar-refractivity contribution is 6.08. The van der Waals surface area contributed by atoms with E-state index < -0.39 is 23.8 Å². The molecule has 0 bridgehead atoms. The average molecular weight is 449 g/mol. The van der Waals surface area contributed by atoms with Crippen LogP contribution in [-0.2, 0) is 14.3 Å². The second-order valence-electron chi connectivity index (χ2n) is 7.50. The number of rotatable bonds is 7. The molecule has 0 aromatic heterocycles. The average Bonchev–Trinajstić information content (AvgIpc) is 2.82. The first-order valence-corrected chi connectivity index (χ1v) is 10.8. The Morgan fingerprint density at radius 2 is 1.69 bits per heavy atom. The van der Waals surface area contributed by atoms with Crippen molar-refractivity contribution in [2.75, 3.05) is 60.7 Å². The maximum absolute atomic E-state index is 13.1. The lowest BCUT2D eigenvalue weighted by Gasteiger charge is -2.38. The van der Waals surface area contributed by atoms with Gasteiger partial charge in [0.1, 0.15) is 6.04 Å². The maximum Gasteiger partial charge on any atom is 0.321 e. The number of benzene rings is 1. The van der Waals surface area contributed by atoms with Gasteiger partial charge in [-0.1, -0.05) is 6.92 Å². The number of ether oxygens (including phenoxy) is 4. The van der Waals surface area contributed by atoms with Crippen LogP contribution in [0.5, 0.6) is 17.2 Å². The van der Waals surface area contributed by atoms with Gasteiger partial charge < -0.3 is 28.7 Å². The topological polar surface area (TPSA) is 102 Å². The Kier molecular flexibility index (Phi) is 7.79. The Morgan fingerprint density at radius 3 is 2.19 bits per heavy atom. The summed E-state index contributed by atoms with van der Waals surface area (Å²) in [6, 6.07) is 2.63. The first-order chi connectivity index (χ1) is 15.5. The third-order valence-corrected chi connectivity index (χ3v) is 5.78. The van der Waals surface area contributed by atoms with E-state index in [-0.39, 0.29) is 6.61 Å². The van der Waals surface area contributed by atoms with E-state index in [2.05, 4.69) is 17.1 Å². The number of likely N-dealkylation sites (N-methyl/N-ethyl adjacent to an activating group) is 1. The number of esters is 1. The van der Waals surface area contributed by atoms with E-state index in [1.54, 1.807) is 19.1 Å². The molecule has 3 rings (SSSR count). The van der Waals surface area contributed by atoms with Gasteiger partial charge in [0.15, 0.2) is 17.4 Å². The van der Waals surface area contributed by atoms with Crippen molar-refractivity contribution in [3.8, 4) is 17.2 Å². The molecule has 0 spiro atoms. The first kappa shape index (κ1) is 23.6. The van der Waals surface area contributed by atoms with Crippen LogP contribution in [0.2, 0.25) is 0 Å². The molecule has 10 heteroatoms. The molecule has 2 heterocycles. The highest BCUT2D eigenvalue weighted by Crippen LogP contribution is 2.42. The predicted molar refractivity (Wildman–Crippen MR) is 118 cm³/mol. The molecular weight excluding hydrogens is 416 g/mol. The lowest BCUT2D eigenvalue weighted by Crippen LogP contribution is -2.57. The van der Waals surface area contributed by atoms with Crippen LogP contribution in [0.3, 0.4) is 0 Å². The molecule has 176 valence electrons. The van der Waals surface area contributed by atoms with Crippen LogP contribution >= 0.6 is 0 Å². The monoisotopic (exact) mass is 448 g/mol. The maximum atomic E-state index is 13.1. The number of hydrogen-bond acceptors (Lipinski definition) is 9. The van der Waals surface area contributed by atoms with Gasteiger partial charge in [0.25, 0.3) is 0 Å². The molecule has 2 aliphatic rings. The van der Waals surface area contributed by atoms with E-state index in [4.69, 9.17) is 23.9 Å². The van der Waals surface area contributed by atoms with Gasteiger partial charge in [-0.05, 0) is 31.2 Å². The zero-order valence-electron chi connectivity index (χ0n) is 19.3. The van der Waals surface area contributed by atoms with Gasteiger partial charge in [0, 0.05) is 26.2 Å². The van der Waals surface area contributed by atoms with Crippen molar-refractivity contribution >= 4 is 17.8 Å². The standard InChI is InChI=1S/C22H32N4O6/c1-6-25-8-10-26(11-9-25)22-23-18(17(20(27)24-22)21(28)32-7-2)14-12-15(29-3)19(31-5)16(13-14)30-4/h12-13,17-18H,6-11H2,1-5H3,(H,23,24,27)/t17-,18+/m0/s1. The lowest BCUT2D eigenvalue weighted by molar-refractivity contribution is -0.153. The Balaban J connectivity index is 2.04. The van der Waals surface area contributed by atoms with E-state index in [1.807, 2.05) is 4.90 Å². The van der Waals surface area contributed by atoms with Gasteiger partial charge in [-0.25, -0.2) is 4.99 Å². The number of nitrogens with one attached hydrogen (secondary N) is 1. The fraction of sp³-hybridized carbons (Fsp3) is 0.591. The van der Waals surface area contributed by atoms with Crippen molar-refractivity contribution < 1.29 is 28.5 Å². The van der Waals surface area contributed by atoms with E-state index in [0.29, 0.717) is 28.8 Å². The van der Waals surface area contributed by atoms with Crippen LogP contribution in [0, 0.1) is 5.92 Å². The van der Waals surface area contributed by atoms with Crippen molar-refractivity contribution in [1.82, 2.24) is 15.1 Å². The molecule has 1 aromatic rings. The fourth-order valence-electron chi connectivity index (χ4n) is 4.01. The molecule has 1 fully saturated rings. The van der Waals surface area contributed by atoms with E-state index in [9.17, 15) is 9.59 Å². The van der Waals surface area contributed by atoms with Crippen LogP contribution < -0.4 is 19.5 Å². The number of carbonyl (C=O) groups excluding carboxylic acids is 2. The molecule has 1 saturated heterocycles. The van der Waals surface area contributed by atoms with Crippen molar-refractivity contribution in [1.29, 1.82) is 0 Å². The Hall–Kier alpha value is -3.01. The summed E-state index contributed by atoms with van der Waals surface area (Å²) in [5.74, 6) is -0.463. The summed E-state index contributed by atoms with van der Waals surface area (Å²) in [6.45, 7) is 8.20. The summed E-state index contributed by atoms with van der Waals surface area (Å²) < 4.78 is 21.5. The summed E-state index contributed by atoms with van der Waals surface area (Å²) in [6.07, 6.45) is 0. The summed E-state index contributed by atoms with van der Waals surface area (Å²) in [7, 11) is 4.54. The quantitative estimate of drug-likeness (QED) is 0.488. The fourth-order valence-corrected chi connectivity index (χ4v) is 4.01. The minimum absolute atomic E-state index is 0.167. The van der Waals surface area contributed by atoms with E-state index in [1.165, 1.54) is 21.3 Å². The molecule has 1 aromatic carbocycles. The smallest absolute Gasteiger partial charge is 0.321 e. The first-order valence-electron chi connectivity index (χ1n) is 10.8. The van der Waals surface area contributed by atoms with Crippen molar-refractivity contribution in [2.24, 2.45) is 10.9 Å². The molecule has 2 atom stereocenters. The Morgan fingerprint density at radius 1 is 1.06 bits per heavy atom. The summed E-state index contributed by atoms with van der Waals surface area (Å²) in [4.78, 5) is 35.0. The Labute approximate surface area is 188 Å². The number of amides is 1. The number of methoxy groups -OCH3 is 3. The molecule has 0 radical (unpaired) electrons. The third kappa shape index (κ3) is 4.74. The molecule has 0 unspecified atom stereocenters. The molecular formula is C22H32N4O6. The van der Waals surface area contributed by atoms with Gasteiger partial charge in [-0.15, -0.1) is 0 Å². The zero-order chi connectivity index (χ0) is 23.3. The van der Waals surface area contributed by atoms with E-state index in [0.717, 1.165) is 32.7 Å². The number of carbonyl (C=O) groups is 2. The van der Waals surface area contributed by atoms with Crippen molar-refractivity contribution in [3.63, 3.8) is 0 Å². The van der Waals surface area contributed by atoms with Crippen LogP contribution in [0.1, 0.15) is 25.5 Å². The van der Waals surface area contributed by atoms with E-state index >= 15 is 0 Å². The van der Waals surface area contributed by atoms with Crippen molar-refractivity contribution in [3.05, 3.63) is 17.7 Å². The summed E-state index contributed by atoms with van der Waals surface area (Å²) in [5, 5.41) is 2.82. The highest BCUT2D eigenvalue weighted by atomic mass is 16.5. The minimum Gasteiger partial charge on any atom is -0.493 e. The van der Waals surface area contributed by atoms with Crippen LogP contribution in [0.15, 0.2) is 17.1 Å². The second-order valence-corrected chi connectivity index (χ2v) is 7.50. The van der Waals surface area contributed by atoms with Gasteiger partial charge in [0.05, 0.1) is 27.9 Å². The summed E-state index contributed by atoms with van der Waals surface area (Å²) in [5.41, 5.74) is 0.595. The number of piperazine rings is 1. The minimum atomic E-state index is -1.13. The Bertz CT molecular complexity index is 841. The number of aliphatic imine (C=N–C) groups is 1. The molecule has 0 aliphatic carbocycles. The van der Waals surface area contributed by atoms with Gasteiger partial charge in [-0.3, -0.25) is 14.9 Å². The second kappa shape index (κ2) is 10.5. The largest absolute Gasteiger partial charge is 0.493 e. The molecule has 32 heavy (non-hydrogen) atoms. The highest BCUT2D eigenvalue weighted by Gasteiger charge is 2.42. The van der Waals surface area contributed by atoms with Crippen LogP contribution in [0.4, 0.5) is 0 Å². The van der Waals surface area contributed by atoms with Crippen LogP contribution in [0.25, 0.3) is 0 Å². The number of guanidine groups is 1. The van der Waals surface area contributed by atoms with Gasteiger partial charge in [-0.2, -0.15) is 0 Å². The van der Waals surface area contributed by atoms with Crippen molar-refractivity contribution in [2.45, 2.75) is 19.9 Å².